The first-order valence-electron chi connectivity index (χ1n) is 11.3. The molecule has 5 aromatic rings. The molecule has 1 aliphatic heterocycles. The van der Waals surface area contributed by atoms with Gasteiger partial charge in [0, 0.05) is 23.2 Å². The van der Waals surface area contributed by atoms with Crippen molar-refractivity contribution >= 4 is 16.9 Å². The molecule has 6 nitrogen and oxygen atoms in total. The van der Waals surface area contributed by atoms with Gasteiger partial charge in [0.15, 0.2) is 11.5 Å². The van der Waals surface area contributed by atoms with E-state index in [9.17, 15) is 4.79 Å². The third-order valence-electron chi connectivity index (χ3n) is 5.91. The number of ether oxygens (including phenoxy) is 2. The molecule has 0 fully saturated rings. The van der Waals surface area contributed by atoms with E-state index in [0.29, 0.717) is 23.4 Å². The molecule has 6 rings (SSSR count). The highest BCUT2D eigenvalue weighted by molar-refractivity contribution is 5.98. The number of aromatic nitrogens is 2. The number of carbonyl (C=O) groups excluding carboxylic acids is 1. The van der Waals surface area contributed by atoms with Gasteiger partial charge in [0.1, 0.15) is 0 Å². The molecule has 0 aliphatic carbocycles. The van der Waals surface area contributed by atoms with Crippen LogP contribution in [0, 0.1) is 0 Å². The molecule has 0 saturated heterocycles. The van der Waals surface area contributed by atoms with Crippen LogP contribution in [0.4, 0.5) is 0 Å². The number of benzene rings is 4. The lowest BCUT2D eigenvalue weighted by Gasteiger charge is -2.12. The predicted octanol–water partition coefficient (Wildman–Crippen LogP) is 5.62. The van der Waals surface area contributed by atoms with Crippen LogP contribution in [0.3, 0.4) is 0 Å². The minimum absolute atomic E-state index is 0.181. The minimum Gasteiger partial charge on any atom is -0.454 e. The molecule has 6 heteroatoms. The lowest BCUT2D eigenvalue weighted by Crippen LogP contribution is -2.22. The summed E-state index contributed by atoms with van der Waals surface area (Å²) in [5.41, 5.74) is 6.41. The van der Waals surface area contributed by atoms with Crippen LogP contribution in [0.25, 0.3) is 33.5 Å². The highest BCUT2D eigenvalue weighted by Crippen LogP contribution is 2.33. The molecule has 0 radical (unpaired) electrons. The van der Waals surface area contributed by atoms with Gasteiger partial charge in [-0.1, -0.05) is 66.7 Å². The van der Waals surface area contributed by atoms with Gasteiger partial charge in [0.2, 0.25) is 6.79 Å². The Bertz CT molecular complexity index is 1540. The number of nitrogens with zero attached hydrogens (tertiary/aromatic N) is 2. The average molecular weight is 460 g/mol. The van der Waals surface area contributed by atoms with Crippen molar-refractivity contribution in [3.63, 3.8) is 0 Å². The third kappa shape index (κ3) is 4.17. The summed E-state index contributed by atoms with van der Waals surface area (Å²) in [6.07, 6.45) is 0. The number of fused-ring (bicyclic) bond motifs is 2. The monoisotopic (exact) mass is 459 g/mol. The maximum Gasteiger partial charge on any atom is 0.251 e. The summed E-state index contributed by atoms with van der Waals surface area (Å²) < 4.78 is 10.8. The first-order chi connectivity index (χ1) is 17.2. The van der Waals surface area contributed by atoms with Gasteiger partial charge in [0.25, 0.3) is 5.91 Å². The number of amides is 1. The Morgan fingerprint density at radius 3 is 2.09 bits per heavy atom. The number of rotatable bonds is 5. The molecule has 170 valence electrons. The van der Waals surface area contributed by atoms with E-state index in [0.717, 1.165) is 39.3 Å². The fourth-order valence-corrected chi connectivity index (χ4v) is 4.13. The quantitative estimate of drug-likeness (QED) is 0.369. The maximum atomic E-state index is 12.9. The van der Waals surface area contributed by atoms with Crippen molar-refractivity contribution in [3.8, 4) is 34.0 Å². The summed E-state index contributed by atoms with van der Waals surface area (Å²) in [6, 6.07) is 31.1. The van der Waals surface area contributed by atoms with Crippen molar-refractivity contribution in [1.82, 2.24) is 15.3 Å². The molecule has 1 aromatic heterocycles. The van der Waals surface area contributed by atoms with E-state index in [-0.39, 0.29) is 12.7 Å². The smallest absolute Gasteiger partial charge is 0.251 e. The van der Waals surface area contributed by atoms with Crippen LogP contribution in [0.1, 0.15) is 15.9 Å². The molecule has 1 amide bonds. The molecule has 35 heavy (non-hydrogen) atoms. The van der Waals surface area contributed by atoms with Gasteiger partial charge in [-0.05, 0) is 35.9 Å². The summed E-state index contributed by atoms with van der Waals surface area (Å²) in [7, 11) is 0. The third-order valence-corrected chi connectivity index (χ3v) is 5.91. The molecule has 4 aromatic carbocycles. The summed E-state index contributed by atoms with van der Waals surface area (Å²) in [6.45, 7) is 0.599. The summed E-state index contributed by atoms with van der Waals surface area (Å²) in [5.74, 6) is 1.23. The maximum absolute atomic E-state index is 12.9. The fourth-order valence-electron chi connectivity index (χ4n) is 4.13. The molecule has 1 N–H and O–H groups in total. The van der Waals surface area contributed by atoms with Crippen LogP contribution in [-0.2, 0) is 6.54 Å². The zero-order valence-electron chi connectivity index (χ0n) is 18.8. The van der Waals surface area contributed by atoms with Crippen molar-refractivity contribution < 1.29 is 14.3 Å². The highest BCUT2D eigenvalue weighted by Gasteiger charge is 2.16. The first-order valence-corrected chi connectivity index (χ1v) is 11.3. The molecule has 0 spiro atoms. The lowest BCUT2D eigenvalue weighted by molar-refractivity contribution is 0.0951. The zero-order valence-corrected chi connectivity index (χ0v) is 18.8. The van der Waals surface area contributed by atoms with Gasteiger partial charge in [-0.2, -0.15) is 0 Å². The van der Waals surface area contributed by atoms with Crippen molar-refractivity contribution in [1.29, 1.82) is 0 Å². The van der Waals surface area contributed by atoms with Crippen LogP contribution >= 0.6 is 0 Å². The van der Waals surface area contributed by atoms with Crippen molar-refractivity contribution in [3.05, 3.63) is 108 Å². The van der Waals surface area contributed by atoms with Gasteiger partial charge in [0.05, 0.1) is 22.4 Å². The van der Waals surface area contributed by atoms with E-state index in [2.05, 4.69) is 5.32 Å². The molecule has 0 saturated carbocycles. The molecule has 1 aliphatic rings. The SMILES string of the molecule is O=C(NCc1ccc2c(c1)OCO2)c1ccc2nc(-c3ccccc3)c(-c3ccccc3)nc2c1. The van der Waals surface area contributed by atoms with Crippen LogP contribution in [0.5, 0.6) is 11.5 Å². The summed E-state index contributed by atoms with van der Waals surface area (Å²) >= 11 is 0. The van der Waals surface area contributed by atoms with Gasteiger partial charge >= 0.3 is 0 Å². The Hall–Kier alpha value is -4.71. The first kappa shape index (κ1) is 20.9. The largest absolute Gasteiger partial charge is 0.454 e. The minimum atomic E-state index is -0.181. The van der Waals surface area contributed by atoms with Crippen LogP contribution < -0.4 is 14.8 Å². The second kappa shape index (κ2) is 8.91. The summed E-state index contributed by atoms with van der Waals surface area (Å²) in [4.78, 5) is 22.8. The molecular weight excluding hydrogens is 438 g/mol. The van der Waals surface area contributed by atoms with Crippen LogP contribution in [-0.4, -0.2) is 22.7 Å². The molecule has 0 bridgehead atoms. The van der Waals surface area contributed by atoms with Crippen LogP contribution in [0.2, 0.25) is 0 Å². The number of hydrogen-bond donors (Lipinski definition) is 1. The number of nitrogens with one attached hydrogen (secondary N) is 1. The Morgan fingerprint density at radius 2 is 1.37 bits per heavy atom. The molecule has 0 atom stereocenters. The summed E-state index contributed by atoms with van der Waals surface area (Å²) in [5, 5.41) is 2.97. The number of carbonyl (C=O) groups is 1. The Morgan fingerprint density at radius 1 is 0.714 bits per heavy atom. The predicted molar refractivity (Wildman–Crippen MR) is 134 cm³/mol. The van der Waals surface area contributed by atoms with Crippen molar-refractivity contribution in [2.45, 2.75) is 6.54 Å². The lowest BCUT2D eigenvalue weighted by atomic mass is 10.0. The topological polar surface area (TPSA) is 73.3 Å². The second-order valence-electron chi connectivity index (χ2n) is 8.23. The Kier molecular flexibility index (Phi) is 5.31. The van der Waals surface area contributed by atoms with E-state index in [4.69, 9.17) is 19.4 Å². The van der Waals surface area contributed by atoms with E-state index in [1.165, 1.54) is 0 Å². The molecule has 2 heterocycles. The Balaban J connectivity index is 1.32. The van der Waals surface area contributed by atoms with Gasteiger partial charge < -0.3 is 14.8 Å². The molecule has 0 unspecified atom stereocenters. The molecular formula is C29H21N3O3. The van der Waals surface area contributed by atoms with Gasteiger partial charge in [-0.25, -0.2) is 9.97 Å². The zero-order chi connectivity index (χ0) is 23.6. The van der Waals surface area contributed by atoms with Gasteiger partial charge in [-0.3, -0.25) is 4.79 Å². The van der Waals surface area contributed by atoms with E-state index in [1.54, 1.807) is 12.1 Å². The highest BCUT2D eigenvalue weighted by atomic mass is 16.7. The second-order valence-corrected chi connectivity index (χ2v) is 8.23. The van der Waals surface area contributed by atoms with E-state index < -0.39 is 0 Å². The van der Waals surface area contributed by atoms with E-state index >= 15 is 0 Å². The average Bonchev–Trinajstić information content (AvgIpc) is 3.40. The van der Waals surface area contributed by atoms with Crippen LogP contribution in [0.15, 0.2) is 97.1 Å². The number of hydrogen-bond acceptors (Lipinski definition) is 5. The Labute approximate surface area is 202 Å². The van der Waals surface area contributed by atoms with Gasteiger partial charge in [-0.15, -0.1) is 0 Å². The fraction of sp³-hybridized carbons (Fsp3) is 0.0690. The normalized spacial score (nSPS) is 12.0. The van der Waals surface area contributed by atoms with Crippen molar-refractivity contribution in [2.75, 3.05) is 6.79 Å². The standard InChI is InChI=1S/C29H21N3O3/c33-29(30-17-19-11-14-25-26(15-19)35-18-34-25)22-12-13-23-24(16-22)32-28(21-9-5-2-6-10-21)27(31-23)20-7-3-1-4-8-20/h1-16H,17-18H2,(H,30,33). The van der Waals surface area contributed by atoms with Crippen molar-refractivity contribution in [2.24, 2.45) is 0 Å². The van der Waals surface area contributed by atoms with E-state index in [1.807, 2.05) is 84.9 Å².